The number of anilines is 2. The molecule has 0 aliphatic rings. The summed E-state index contributed by atoms with van der Waals surface area (Å²) in [5, 5.41) is 8.43. The van der Waals surface area contributed by atoms with Crippen molar-refractivity contribution in [1.82, 2.24) is 15.2 Å². The number of pyridine rings is 1. The molecule has 0 aliphatic heterocycles. The van der Waals surface area contributed by atoms with Gasteiger partial charge < -0.3 is 5.32 Å². The molecule has 2 heterocycles. The minimum absolute atomic E-state index is 0.0357. The van der Waals surface area contributed by atoms with E-state index in [2.05, 4.69) is 15.4 Å². The topological polar surface area (TPSA) is 142 Å². The summed E-state index contributed by atoms with van der Waals surface area (Å²) in [4.78, 5) is 15.9. The molecule has 0 atom stereocenters. The van der Waals surface area contributed by atoms with Crippen molar-refractivity contribution in [2.24, 2.45) is 0 Å². The van der Waals surface area contributed by atoms with Gasteiger partial charge in [0.2, 0.25) is 20.0 Å². The lowest BCUT2D eigenvalue weighted by atomic mass is 10.2. The van der Waals surface area contributed by atoms with Crippen LogP contribution < -0.4 is 14.6 Å². The highest BCUT2D eigenvalue weighted by atomic mass is 32.3. The van der Waals surface area contributed by atoms with Gasteiger partial charge in [-0.1, -0.05) is 0 Å². The molecule has 12 heteroatoms. The highest BCUT2D eigenvalue weighted by Crippen LogP contribution is 2.25. The van der Waals surface area contributed by atoms with Crippen molar-refractivity contribution in [3.05, 3.63) is 46.6 Å². The Balaban J connectivity index is 2.52. The molecule has 2 N–H and O–H groups in total. The number of nitrogens with zero attached hydrogens (tertiary/aromatic N) is 3. The minimum Gasteiger partial charge on any atom is -0.378 e. The molecular formula is C12H15N5O5S2. The monoisotopic (exact) mass is 373 g/mol. The van der Waals surface area contributed by atoms with Crippen LogP contribution in [0.1, 0.15) is 5.56 Å². The lowest BCUT2D eigenvalue weighted by Gasteiger charge is -2.21. The van der Waals surface area contributed by atoms with E-state index in [0.717, 1.165) is 11.8 Å². The van der Waals surface area contributed by atoms with Gasteiger partial charge in [-0.3, -0.25) is 9.78 Å². The summed E-state index contributed by atoms with van der Waals surface area (Å²) in [6, 6.07) is 3.41. The van der Waals surface area contributed by atoms with Gasteiger partial charge in [-0.05, 0) is 17.7 Å². The summed E-state index contributed by atoms with van der Waals surface area (Å²) in [7, 11) is -8.51. The molecule has 0 unspecified atom stereocenters. The average molecular weight is 373 g/mol. The van der Waals surface area contributed by atoms with E-state index < -0.39 is 31.3 Å². The third-order valence-corrected chi connectivity index (χ3v) is 6.04. The molecule has 24 heavy (non-hydrogen) atoms. The van der Waals surface area contributed by atoms with Crippen LogP contribution in [0.3, 0.4) is 0 Å². The number of nitrogens with one attached hydrogen (secondary N) is 2. The first-order chi connectivity index (χ1) is 11.1. The number of hydrogen-bond acceptors (Lipinski definition) is 8. The lowest BCUT2D eigenvalue weighted by molar-refractivity contribution is 0.590. The van der Waals surface area contributed by atoms with Crippen molar-refractivity contribution in [3.63, 3.8) is 0 Å². The maximum absolute atomic E-state index is 12.0. The molecule has 0 fully saturated rings. The van der Waals surface area contributed by atoms with E-state index in [9.17, 15) is 21.6 Å². The van der Waals surface area contributed by atoms with Crippen molar-refractivity contribution < 1.29 is 16.8 Å². The highest BCUT2D eigenvalue weighted by Gasteiger charge is 2.32. The Hall–Kier alpha value is -2.47. The smallest absolute Gasteiger partial charge is 0.292 e. The molecule has 2 rings (SSSR count). The van der Waals surface area contributed by atoms with Crippen molar-refractivity contribution in [2.45, 2.75) is 6.54 Å². The van der Waals surface area contributed by atoms with E-state index in [0.29, 0.717) is 12.5 Å². The first-order valence-electron chi connectivity index (χ1n) is 6.51. The van der Waals surface area contributed by atoms with Gasteiger partial charge >= 0.3 is 0 Å². The van der Waals surface area contributed by atoms with E-state index in [1.807, 2.05) is 5.10 Å². The maximum Gasteiger partial charge on any atom is 0.292 e. The van der Waals surface area contributed by atoms with Crippen molar-refractivity contribution >= 4 is 31.4 Å². The Bertz CT molecular complexity index is 954. The molecule has 0 bridgehead atoms. The number of H-pyrrole nitrogens is 1. The Kier molecular flexibility index (Phi) is 4.89. The van der Waals surface area contributed by atoms with Gasteiger partial charge in [-0.15, -0.1) is 0 Å². The zero-order valence-corrected chi connectivity index (χ0v) is 14.4. The minimum atomic E-state index is -4.26. The maximum atomic E-state index is 12.0. The Morgan fingerprint density at radius 2 is 1.71 bits per heavy atom. The highest BCUT2D eigenvalue weighted by molar-refractivity contribution is 8.09. The summed E-state index contributed by atoms with van der Waals surface area (Å²) in [6.45, 7) is 0.210. The first kappa shape index (κ1) is 17.9. The van der Waals surface area contributed by atoms with Crippen molar-refractivity contribution in [1.29, 1.82) is 0 Å². The summed E-state index contributed by atoms with van der Waals surface area (Å²) < 4.78 is 47.7. The molecule has 0 radical (unpaired) electrons. The van der Waals surface area contributed by atoms with Crippen LogP contribution in [0.5, 0.6) is 0 Å². The fraction of sp³-hybridized carbons (Fsp3) is 0.250. The molecule has 0 saturated carbocycles. The molecular weight excluding hydrogens is 358 g/mol. The van der Waals surface area contributed by atoms with Gasteiger partial charge in [0, 0.05) is 18.9 Å². The number of aromatic nitrogens is 3. The van der Waals surface area contributed by atoms with Crippen molar-refractivity contribution in [2.75, 3.05) is 21.5 Å². The Morgan fingerprint density at radius 3 is 2.25 bits per heavy atom. The van der Waals surface area contributed by atoms with E-state index >= 15 is 0 Å². The number of rotatable bonds is 6. The molecule has 0 spiro atoms. The van der Waals surface area contributed by atoms with Crippen LogP contribution in [0.4, 0.5) is 11.4 Å². The summed E-state index contributed by atoms with van der Waals surface area (Å²) in [6.07, 6.45) is 5.66. The van der Waals surface area contributed by atoms with Gasteiger partial charge in [0.1, 0.15) is 0 Å². The standard InChI is InChI=1S/C12H15N5O5S2/c1-23(19,20)17(24(2,21)22)11-10(8-15-16-12(11)18)14-7-9-3-5-13-6-4-9/h3-6,8H,7H2,1-2H3,(H2,14,16,18). The second-order valence-electron chi connectivity index (χ2n) is 4.89. The van der Waals surface area contributed by atoms with Gasteiger partial charge in [-0.25, -0.2) is 21.9 Å². The third-order valence-electron chi connectivity index (χ3n) is 2.85. The second kappa shape index (κ2) is 6.57. The van der Waals surface area contributed by atoms with E-state index in [-0.39, 0.29) is 15.9 Å². The molecule has 2 aromatic heterocycles. The van der Waals surface area contributed by atoms with Crippen LogP contribution >= 0.6 is 0 Å². The number of sulfonamides is 2. The molecule has 0 aliphatic carbocycles. The molecule has 0 aromatic carbocycles. The first-order valence-corrected chi connectivity index (χ1v) is 10.2. The third kappa shape index (κ3) is 4.08. The second-order valence-corrected chi connectivity index (χ2v) is 8.79. The van der Waals surface area contributed by atoms with Gasteiger partial charge in [-0.2, -0.15) is 8.81 Å². The predicted octanol–water partition coefficient (Wildman–Crippen LogP) is -0.497. The number of hydrogen-bond donors (Lipinski definition) is 2. The van der Waals surface area contributed by atoms with Gasteiger partial charge in [0.05, 0.1) is 24.4 Å². The summed E-state index contributed by atoms with van der Waals surface area (Å²) >= 11 is 0. The van der Waals surface area contributed by atoms with Gasteiger partial charge in [0.15, 0.2) is 5.69 Å². The van der Waals surface area contributed by atoms with Crippen LogP contribution in [0.2, 0.25) is 0 Å². The molecule has 0 amide bonds. The van der Waals surface area contributed by atoms with Crippen LogP contribution in [-0.4, -0.2) is 44.5 Å². The predicted molar refractivity (Wildman–Crippen MR) is 88.6 cm³/mol. The van der Waals surface area contributed by atoms with Crippen LogP contribution in [-0.2, 0) is 26.6 Å². The molecule has 10 nitrogen and oxygen atoms in total. The zero-order chi connectivity index (χ0) is 18.0. The van der Waals surface area contributed by atoms with E-state index in [1.165, 1.54) is 0 Å². The largest absolute Gasteiger partial charge is 0.378 e. The van der Waals surface area contributed by atoms with Crippen LogP contribution in [0, 0.1) is 0 Å². The average Bonchev–Trinajstić information content (AvgIpc) is 2.46. The van der Waals surface area contributed by atoms with E-state index in [4.69, 9.17) is 0 Å². The number of aromatic amines is 1. The summed E-state index contributed by atoms with van der Waals surface area (Å²) in [5.41, 5.74) is -0.762. The molecule has 130 valence electrons. The van der Waals surface area contributed by atoms with Crippen molar-refractivity contribution in [3.8, 4) is 0 Å². The fourth-order valence-electron chi connectivity index (χ4n) is 1.98. The normalized spacial score (nSPS) is 11.9. The quantitative estimate of drug-likeness (QED) is 0.690. The zero-order valence-electron chi connectivity index (χ0n) is 12.8. The van der Waals surface area contributed by atoms with Crippen LogP contribution in [0.25, 0.3) is 0 Å². The Morgan fingerprint density at radius 1 is 1.12 bits per heavy atom. The van der Waals surface area contributed by atoms with Crippen LogP contribution in [0.15, 0.2) is 35.5 Å². The molecule has 2 aromatic rings. The SMILES string of the molecule is CS(=O)(=O)N(c1c(NCc2ccncc2)cn[nH]c1=O)S(C)(=O)=O. The summed E-state index contributed by atoms with van der Waals surface area (Å²) in [5.74, 6) is 0. The Labute approximate surface area is 138 Å². The fourth-order valence-corrected chi connectivity index (χ4v) is 4.97. The van der Waals surface area contributed by atoms with Gasteiger partial charge in [0.25, 0.3) is 5.56 Å². The van der Waals surface area contributed by atoms with E-state index in [1.54, 1.807) is 24.5 Å². The molecule has 0 saturated heterocycles. The lowest BCUT2D eigenvalue weighted by Crippen LogP contribution is -2.39.